The fraction of sp³-hybridized carbons (Fsp3) is 0.923. The van der Waals surface area contributed by atoms with Crippen LogP contribution in [0.25, 0.3) is 0 Å². The topological polar surface area (TPSA) is 78.9 Å². The summed E-state index contributed by atoms with van der Waals surface area (Å²) in [6.07, 6.45) is 4.34. The summed E-state index contributed by atoms with van der Waals surface area (Å²) >= 11 is 0. The number of hydrogen-bond acceptors (Lipinski definition) is 5. The van der Waals surface area contributed by atoms with Gasteiger partial charge in [-0.15, -0.1) is 0 Å². The predicted molar refractivity (Wildman–Crippen MR) is 78.9 cm³/mol. The van der Waals surface area contributed by atoms with Crippen molar-refractivity contribution in [2.75, 3.05) is 33.8 Å². The Bertz CT molecular complexity index is 468. The van der Waals surface area contributed by atoms with Crippen molar-refractivity contribution < 1.29 is 17.9 Å². The van der Waals surface area contributed by atoms with E-state index in [-0.39, 0.29) is 19.0 Å². The SMILES string of the molecule is COC(=O)CCN(C)S(=O)(=O)NC1CCN2CCCCC12. The van der Waals surface area contributed by atoms with E-state index in [0.717, 1.165) is 32.4 Å². The zero-order valence-electron chi connectivity index (χ0n) is 12.7. The van der Waals surface area contributed by atoms with E-state index < -0.39 is 16.2 Å². The van der Waals surface area contributed by atoms with E-state index in [1.54, 1.807) is 0 Å². The third-order valence-corrected chi connectivity index (χ3v) is 6.03. The van der Waals surface area contributed by atoms with Crippen LogP contribution in [0.1, 0.15) is 32.1 Å². The first-order valence-electron chi connectivity index (χ1n) is 7.48. The summed E-state index contributed by atoms with van der Waals surface area (Å²) in [5, 5.41) is 0. The molecule has 0 amide bonds. The van der Waals surface area contributed by atoms with Crippen molar-refractivity contribution in [3.63, 3.8) is 0 Å². The highest BCUT2D eigenvalue weighted by atomic mass is 32.2. The number of piperidine rings is 1. The van der Waals surface area contributed by atoms with Gasteiger partial charge in [-0.1, -0.05) is 6.42 Å². The number of nitrogens with zero attached hydrogens (tertiary/aromatic N) is 2. The molecule has 0 aromatic heterocycles. The number of methoxy groups -OCH3 is 1. The Hall–Kier alpha value is -0.700. The van der Waals surface area contributed by atoms with Crippen LogP contribution in [-0.2, 0) is 19.7 Å². The average Bonchev–Trinajstić information content (AvgIpc) is 2.87. The van der Waals surface area contributed by atoms with Gasteiger partial charge in [-0.3, -0.25) is 9.69 Å². The number of ether oxygens (including phenoxy) is 1. The molecule has 0 saturated carbocycles. The Balaban J connectivity index is 1.89. The van der Waals surface area contributed by atoms with Crippen LogP contribution in [0.4, 0.5) is 0 Å². The molecule has 0 aromatic rings. The average molecular weight is 319 g/mol. The fourth-order valence-corrected chi connectivity index (χ4v) is 4.31. The maximum Gasteiger partial charge on any atom is 0.306 e. The molecule has 0 aromatic carbocycles. The summed E-state index contributed by atoms with van der Waals surface area (Å²) in [4.78, 5) is 13.5. The van der Waals surface area contributed by atoms with Crippen molar-refractivity contribution in [1.82, 2.24) is 13.9 Å². The Morgan fingerprint density at radius 2 is 2.10 bits per heavy atom. The van der Waals surface area contributed by atoms with E-state index >= 15 is 0 Å². The summed E-state index contributed by atoms with van der Waals surface area (Å²) in [6, 6.07) is 0.304. The molecule has 2 fully saturated rings. The Morgan fingerprint density at radius 1 is 1.33 bits per heavy atom. The van der Waals surface area contributed by atoms with Gasteiger partial charge in [0.15, 0.2) is 0 Å². The third-order valence-electron chi connectivity index (χ3n) is 4.43. The van der Waals surface area contributed by atoms with Gasteiger partial charge in [-0.05, 0) is 25.8 Å². The minimum absolute atomic E-state index is 0.0177. The number of carbonyl (C=O) groups excluding carboxylic acids is 1. The lowest BCUT2D eigenvalue weighted by Crippen LogP contribution is -2.50. The molecule has 0 spiro atoms. The third kappa shape index (κ3) is 4.15. The highest BCUT2D eigenvalue weighted by Gasteiger charge is 2.38. The molecule has 2 saturated heterocycles. The Kier molecular flexibility index (Phi) is 5.59. The summed E-state index contributed by atoms with van der Waals surface area (Å²) in [5.41, 5.74) is 0. The van der Waals surface area contributed by atoms with Crippen molar-refractivity contribution in [1.29, 1.82) is 0 Å². The molecule has 2 heterocycles. The molecule has 1 N–H and O–H groups in total. The van der Waals surface area contributed by atoms with Gasteiger partial charge in [-0.2, -0.15) is 17.4 Å². The lowest BCUT2D eigenvalue weighted by atomic mass is 10.00. The van der Waals surface area contributed by atoms with Crippen LogP contribution in [-0.4, -0.2) is 69.5 Å². The molecule has 122 valence electrons. The van der Waals surface area contributed by atoms with Gasteiger partial charge in [0.25, 0.3) is 10.2 Å². The number of nitrogens with one attached hydrogen (secondary N) is 1. The van der Waals surface area contributed by atoms with Crippen molar-refractivity contribution in [2.24, 2.45) is 0 Å². The fourth-order valence-electron chi connectivity index (χ4n) is 3.14. The summed E-state index contributed by atoms with van der Waals surface area (Å²) in [6.45, 7) is 2.16. The van der Waals surface area contributed by atoms with E-state index in [9.17, 15) is 13.2 Å². The highest BCUT2D eigenvalue weighted by Crippen LogP contribution is 2.27. The number of fused-ring (bicyclic) bond motifs is 1. The summed E-state index contributed by atoms with van der Waals surface area (Å²) in [7, 11) is -0.767. The van der Waals surface area contributed by atoms with E-state index in [4.69, 9.17) is 0 Å². The number of hydrogen-bond donors (Lipinski definition) is 1. The van der Waals surface area contributed by atoms with Crippen LogP contribution in [0.3, 0.4) is 0 Å². The maximum atomic E-state index is 12.3. The second kappa shape index (κ2) is 7.04. The van der Waals surface area contributed by atoms with Crippen LogP contribution >= 0.6 is 0 Å². The molecule has 0 bridgehead atoms. The monoisotopic (exact) mass is 319 g/mol. The highest BCUT2D eigenvalue weighted by molar-refractivity contribution is 7.87. The normalized spacial score (nSPS) is 26.8. The molecule has 2 aliphatic heterocycles. The molecule has 0 aliphatic carbocycles. The van der Waals surface area contributed by atoms with Crippen molar-refractivity contribution >= 4 is 16.2 Å². The van der Waals surface area contributed by atoms with Crippen molar-refractivity contribution in [3.05, 3.63) is 0 Å². The smallest absolute Gasteiger partial charge is 0.306 e. The zero-order valence-corrected chi connectivity index (χ0v) is 13.6. The molecule has 2 unspecified atom stereocenters. The van der Waals surface area contributed by atoms with Gasteiger partial charge in [0.1, 0.15) is 0 Å². The minimum Gasteiger partial charge on any atom is -0.469 e. The van der Waals surface area contributed by atoms with Gasteiger partial charge in [0.2, 0.25) is 0 Å². The minimum atomic E-state index is -3.55. The lowest BCUT2D eigenvalue weighted by Gasteiger charge is -2.33. The van der Waals surface area contributed by atoms with E-state index in [1.165, 1.54) is 24.9 Å². The van der Waals surface area contributed by atoms with Crippen molar-refractivity contribution in [3.8, 4) is 0 Å². The molecule has 0 radical (unpaired) electrons. The number of carbonyl (C=O) groups is 1. The lowest BCUT2D eigenvalue weighted by molar-refractivity contribution is -0.140. The molecule has 7 nitrogen and oxygen atoms in total. The molecule has 8 heteroatoms. The van der Waals surface area contributed by atoms with Gasteiger partial charge in [0.05, 0.1) is 13.5 Å². The molecule has 2 atom stereocenters. The number of rotatable bonds is 6. The van der Waals surface area contributed by atoms with E-state index in [1.807, 2.05) is 0 Å². The van der Waals surface area contributed by atoms with Crippen LogP contribution in [0.2, 0.25) is 0 Å². The van der Waals surface area contributed by atoms with Crippen LogP contribution in [0.15, 0.2) is 0 Å². The van der Waals surface area contributed by atoms with Gasteiger partial charge >= 0.3 is 5.97 Å². The van der Waals surface area contributed by atoms with E-state index in [2.05, 4.69) is 14.4 Å². The molecular formula is C13H25N3O4S. The summed E-state index contributed by atoms with van der Waals surface area (Å²) in [5.74, 6) is -0.406. The van der Waals surface area contributed by atoms with E-state index in [0.29, 0.717) is 6.04 Å². The Labute approximate surface area is 126 Å². The van der Waals surface area contributed by atoms with Gasteiger partial charge in [-0.25, -0.2) is 0 Å². The Morgan fingerprint density at radius 3 is 2.81 bits per heavy atom. The number of esters is 1. The standard InChI is InChI=1S/C13H25N3O4S/c1-15(9-7-13(17)20-2)21(18,19)14-11-6-10-16-8-4-3-5-12(11)16/h11-12,14H,3-10H2,1-2H3. The van der Waals surface area contributed by atoms with Gasteiger partial charge in [0, 0.05) is 32.2 Å². The van der Waals surface area contributed by atoms with Crippen LogP contribution in [0.5, 0.6) is 0 Å². The quantitative estimate of drug-likeness (QED) is 0.694. The zero-order chi connectivity index (χ0) is 15.5. The molecule has 2 aliphatic rings. The predicted octanol–water partition coefficient (Wildman–Crippen LogP) is -0.0575. The first-order valence-corrected chi connectivity index (χ1v) is 8.92. The largest absolute Gasteiger partial charge is 0.469 e. The second-order valence-electron chi connectivity index (χ2n) is 5.76. The summed E-state index contributed by atoms with van der Waals surface area (Å²) < 4.78 is 33.1. The second-order valence-corrected chi connectivity index (χ2v) is 7.57. The van der Waals surface area contributed by atoms with Crippen molar-refractivity contribution in [2.45, 2.75) is 44.2 Å². The molecule has 2 rings (SSSR count). The molecular weight excluding hydrogens is 294 g/mol. The maximum absolute atomic E-state index is 12.3. The van der Waals surface area contributed by atoms with Gasteiger partial charge < -0.3 is 4.74 Å². The first kappa shape index (κ1) is 16.7. The first-order chi connectivity index (χ1) is 9.94. The van der Waals surface area contributed by atoms with Crippen LogP contribution < -0.4 is 4.72 Å². The molecule has 21 heavy (non-hydrogen) atoms. The van der Waals surface area contributed by atoms with Crippen LogP contribution in [0, 0.1) is 0 Å².